The molecule has 144 valence electrons. The number of nitrogens with two attached hydrogens (primary N) is 3. The number of nitrogens with one attached hydrogen (secondary N) is 1. The summed E-state index contributed by atoms with van der Waals surface area (Å²) in [5.74, 6) is -0.649. The molecule has 0 saturated carbocycles. The van der Waals surface area contributed by atoms with Crippen LogP contribution in [0.2, 0.25) is 0 Å². The number of carbonyl (C=O) groups excluding carboxylic acids is 1. The zero-order valence-electron chi connectivity index (χ0n) is 14.5. The van der Waals surface area contributed by atoms with Gasteiger partial charge in [-0.25, -0.2) is 13.6 Å². The molecule has 7 nitrogen and oxygen atoms in total. The molecule has 0 heterocycles. The van der Waals surface area contributed by atoms with Crippen LogP contribution in [0.4, 0.5) is 17.1 Å². The smallest absolute Gasteiger partial charge is 0.250 e. The van der Waals surface area contributed by atoms with Crippen LogP contribution in [0.1, 0.15) is 10.4 Å². The van der Waals surface area contributed by atoms with Gasteiger partial charge in [0.1, 0.15) is 0 Å². The Labute approximate surface area is 170 Å². The van der Waals surface area contributed by atoms with E-state index in [1.54, 1.807) is 24.3 Å². The number of benzene rings is 3. The molecule has 1 amide bonds. The third kappa shape index (κ3) is 4.33. The summed E-state index contributed by atoms with van der Waals surface area (Å²) in [6, 6.07) is 16.8. The van der Waals surface area contributed by atoms with E-state index in [0.717, 1.165) is 15.6 Å². The van der Waals surface area contributed by atoms with Gasteiger partial charge < -0.3 is 16.8 Å². The van der Waals surface area contributed by atoms with E-state index in [0.29, 0.717) is 11.4 Å². The largest absolute Gasteiger partial charge is 0.396 e. The molecule has 0 radical (unpaired) electrons. The van der Waals surface area contributed by atoms with Crippen LogP contribution < -0.4 is 21.9 Å². The highest BCUT2D eigenvalue weighted by molar-refractivity contribution is 9.10. The summed E-state index contributed by atoms with van der Waals surface area (Å²) in [6.07, 6.45) is 0. The van der Waals surface area contributed by atoms with Crippen LogP contribution in [-0.2, 0) is 10.0 Å². The molecule has 0 atom stereocenters. The number of primary sulfonamides is 1. The Bertz CT molecular complexity index is 1150. The third-order valence-corrected chi connectivity index (χ3v) is 5.54. The Kier molecular flexibility index (Phi) is 5.41. The monoisotopic (exact) mass is 460 g/mol. The van der Waals surface area contributed by atoms with Gasteiger partial charge >= 0.3 is 0 Å². The van der Waals surface area contributed by atoms with E-state index in [4.69, 9.17) is 16.6 Å². The quantitative estimate of drug-likeness (QED) is 0.432. The first-order chi connectivity index (χ1) is 13.1. The maximum atomic E-state index is 11.8. The molecule has 0 fully saturated rings. The number of primary amides is 1. The molecule has 0 aliphatic heterocycles. The first-order valence-electron chi connectivity index (χ1n) is 8.04. The molecule has 0 aromatic heterocycles. The van der Waals surface area contributed by atoms with Gasteiger partial charge in [0.2, 0.25) is 10.0 Å². The molecule has 0 saturated heterocycles. The standard InChI is InChI=1S/C19H17BrN4O3S/c20-13-3-1-11(2-4-13)12-9-16(19(22)25)18(21)17(10-12)24-14-5-7-15(8-6-14)28(23,26)27/h1-10,24H,21H2,(H2,22,25)(H2,23,26,27). The van der Waals surface area contributed by atoms with Crippen molar-refractivity contribution in [2.75, 3.05) is 11.1 Å². The van der Waals surface area contributed by atoms with Crippen molar-refractivity contribution in [1.82, 2.24) is 0 Å². The molecule has 0 aliphatic rings. The summed E-state index contributed by atoms with van der Waals surface area (Å²) >= 11 is 3.39. The minimum atomic E-state index is -3.78. The summed E-state index contributed by atoms with van der Waals surface area (Å²) in [4.78, 5) is 11.8. The van der Waals surface area contributed by atoms with Crippen molar-refractivity contribution in [1.29, 1.82) is 0 Å². The summed E-state index contributed by atoms with van der Waals surface area (Å²) in [6.45, 7) is 0. The predicted octanol–water partition coefficient (Wildman–Crippen LogP) is 3.19. The van der Waals surface area contributed by atoms with Crippen LogP contribution in [0.3, 0.4) is 0 Å². The van der Waals surface area contributed by atoms with Crippen molar-refractivity contribution in [2.24, 2.45) is 10.9 Å². The fourth-order valence-corrected chi connectivity index (χ4v) is 3.43. The van der Waals surface area contributed by atoms with Crippen molar-refractivity contribution < 1.29 is 13.2 Å². The summed E-state index contributed by atoms with van der Waals surface area (Å²) < 4.78 is 23.7. The molecule has 3 aromatic rings. The number of rotatable bonds is 5. The molecular weight excluding hydrogens is 444 g/mol. The van der Waals surface area contributed by atoms with Crippen LogP contribution in [0.5, 0.6) is 0 Å². The number of hydrogen-bond donors (Lipinski definition) is 4. The molecule has 28 heavy (non-hydrogen) atoms. The fourth-order valence-electron chi connectivity index (χ4n) is 2.65. The Morgan fingerprint density at radius 3 is 2.07 bits per heavy atom. The topological polar surface area (TPSA) is 141 Å². The second-order valence-electron chi connectivity index (χ2n) is 6.05. The van der Waals surface area contributed by atoms with E-state index in [-0.39, 0.29) is 16.1 Å². The van der Waals surface area contributed by atoms with Gasteiger partial charge in [-0.2, -0.15) is 0 Å². The van der Waals surface area contributed by atoms with Crippen LogP contribution in [0.25, 0.3) is 11.1 Å². The number of sulfonamides is 1. The third-order valence-electron chi connectivity index (χ3n) is 4.08. The summed E-state index contributed by atoms with van der Waals surface area (Å²) in [5, 5.41) is 8.20. The van der Waals surface area contributed by atoms with Gasteiger partial charge in [0, 0.05) is 10.2 Å². The average molecular weight is 461 g/mol. The van der Waals surface area contributed by atoms with Crippen LogP contribution in [-0.4, -0.2) is 14.3 Å². The maximum absolute atomic E-state index is 11.8. The number of anilines is 3. The zero-order chi connectivity index (χ0) is 20.5. The van der Waals surface area contributed by atoms with E-state index < -0.39 is 15.9 Å². The van der Waals surface area contributed by atoms with Gasteiger partial charge in [0.05, 0.1) is 21.8 Å². The number of carbonyl (C=O) groups is 1. The summed E-state index contributed by atoms with van der Waals surface area (Å²) in [5.41, 5.74) is 14.6. The Hall–Kier alpha value is -2.88. The molecule has 3 aromatic carbocycles. The number of nitrogen functional groups attached to an aromatic ring is 1. The number of hydrogen-bond acceptors (Lipinski definition) is 5. The number of halogens is 1. The van der Waals surface area contributed by atoms with E-state index in [2.05, 4.69) is 21.2 Å². The minimum Gasteiger partial charge on any atom is -0.396 e. The molecule has 0 aliphatic carbocycles. The van der Waals surface area contributed by atoms with Gasteiger partial charge in [0.25, 0.3) is 5.91 Å². The molecule has 3 rings (SSSR count). The molecule has 0 unspecified atom stereocenters. The van der Waals surface area contributed by atoms with Gasteiger partial charge in [-0.15, -0.1) is 0 Å². The molecule has 0 bridgehead atoms. The molecule has 0 spiro atoms. The zero-order valence-corrected chi connectivity index (χ0v) is 16.9. The SMILES string of the molecule is NC(=O)c1cc(-c2ccc(Br)cc2)cc(Nc2ccc(S(N)(=O)=O)cc2)c1N. The highest BCUT2D eigenvalue weighted by atomic mass is 79.9. The van der Waals surface area contributed by atoms with Gasteiger partial charge in [-0.1, -0.05) is 28.1 Å². The lowest BCUT2D eigenvalue weighted by Crippen LogP contribution is -2.15. The Morgan fingerprint density at radius 2 is 1.54 bits per heavy atom. The van der Waals surface area contributed by atoms with Crippen molar-refractivity contribution in [3.05, 3.63) is 70.7 Å². The van der Waals surface area contributed by atoms with E-state index in [1.807, 2.05) is 24.3 Å². The van der Waals surface area contributed by atoms with Crippen LogP contribution >= 0.6 is 15.9 Å². The first-order valence-corrected chi connectivity index (χ1v) is 10.4. The van der Waals surface area contributed by atoms with Gasteiger partial charge in [-0.05, 0) is 59.7 Å². The predicted molar refractivity (Wildman–Crippen MR) is 114 cm³/mol. The van der Waals surface area contributed by atoms with Gasteiger partial charge in [-0.3, -0.25) is 4.79 Å². The van der Waals surface area contributed by atoms with Crippen molar-refractivity contribution >= 4 is 48.9 Å². The Balaban J connectivity index is 2.04. The lowest BCUT2D eigenvalue weighted by Gasteiger charge is -2.15. The Morgan fingerprint density at radius 1 is 0.929 bits per heavy atom. The normalized spacial score (nSPS) is 11.2. The fraction of sp³-hybridized carbons (Fsp3) is 0. The van der Waals surface area contributed by atoms with Crippen molar-refractivity contribution in [3.63, 3.8) is 0 Å². The van der Waals surface area contributed by atoms with Crippen molar-refractivity contribution in [2.45, 2.75) is 4.90 Å². The van der Waals surface area contributed by atoms with E-state index >= 15 is 0 Å². The minimum absolute atomic E-state index is 0.00698. The van der Waals surface area contributed by atoms with Gasteiger partial charge in [0.15, 0.2) is 0 Å². The van der Waals surface area contributed by atoms with E-state index in [1.165, 1.54) is 12.1 Å². The molecular formula is C19H17BrN4O3S. The van der Waals surface area contributed by atoms with Crippen LogP contribution in [0.15, 0.2) is 70.0 Å². The second kappa shape index (κ2) is 7.63. The first kappa shape index (κ1) is 19.9. The highest BCUT2D eigenvalue weighted by Gasteiger charge is 2.14. The summed E-state index contributed by atoms with van der Waals surface area (Å²) in [7, 11) is -3.78. The maximum Gasteiger partial charge on any atom is 0.250 e. The van der Waals surface area contributed by atoms with Crippen molar-refractivity contribution in [3.8, 4) is 11.1 Å². The molecule has 9 heteroatoms. The molecule has 7 N–H and O–H groups in total. The number of amides is 1. The lowest BCUT2D eigenvalue weighted by molar-refractivity contribution is 0.100. The van der Waals surface area contributed by atoms with E-state index in [9.17, 15) is 13.2 Å². The lowest BCUT2D eigenvalue weighted by atomic mass is 10.00. The average Bonchev–Trinajstić information content (AvgIpc) is 2.63. The highest BCUT2D eigenvalue weighted by Crippen LogP contribution is 2.33. The van der Waals surface area contributed by atoms with Crippen LogP contribution in [0, 0.1) is 0 Å². The second-order valence-corrected chi connectivity index (χ2v) is 8.53.